The summed E-state index contributed by atoms with van der Waals surface area (Å²) in [4.78, 5) is 11.3. The quantitative estimate of drug-likeness (QED) is 0.302. The van der Waals surface area contributed by atoms with E-state index in [0.29, 0.717) is 23.1 Å². The van der Waals surface area contributed by atoms with Crippen LogP contribution in [0.2, 0.25) is 0 Å². The SMILES string of the molecule is CCCC(=O)C[S+]1CCSCC1.CCCCCCCCS(=O)(=O)[O-]. The van der Waals surface area contributed by atoms with Crippen molar-refractivity contribution in [2.24, 2.45) is 0 Å². The van der Waals surface area contributed by atoms with Crippen molar-refractivity contribution in [1.29, 1.82) is 0 Å². The summed E-state index contributed by atoms with van der Waals surface area (Å²) in [6.07, 6.45) is 7.78. The molecule has 0 amide bonds. The number of hydrogen-bond acceptors (Lipinski definition) is 5. The predicted octanol–water partition coefficient (Wildman–Crippen LogP) is 3.61. The van der Waals surface area contributed by atoms with Gasteiger partial charge in [0.1, 0.15) is 11.5 Å². The number of ketones is 1. The van der Waals surface area contributed by atoms with Crippen LogP contribution in [0, 0.1) is 0 Å². The number of unbranched alkanes of at least 4 members (excludes halogenated alkanes) is 5. The van der Waals surface area contributed by atoms with Crippen LogP contribution >= 0.6 is 11.8 Å². The Balaban J connectivity index is 0.000000441. The molecule has 24 heavy (non-hydrogen) atoms. The molecule has 1 fully saturated rings. The maximum atomic E-state index is 11.3. The molecule has 1 aliphatic heterocycles. The minimum Gasteiger partial charge on any atom is -0.748 e. The number of carbonyl (C=O) groups excluding carboxylic acids is 1. The summed E-state index contributed by atoms with van der Waals surface area (Å²) in [5.74, 6) is 6.33. The zero-order valence-electron chi connectivity index (χ0n) is 15.3. The molecule has 0 spiro atoms. The Morgan fingerprint density at radius 2 is 1.58 bits per heavy atom. The summed E-state index contributed by atoms with van der Waals surface area (Å²) in [7, 11) is -3.51. The van der Waals surface area contributed by atoms with E-state index in [9.17, 15) is 17.8 Å². The van der Waals surface area contributed by atoms with Gasteiger partial charge >= 0.3 is 0 Å². The van der Waals surface area contributed by atoms with E-state index in [1.807, 2.05) is 11.8 Å². The van der Waals surface area contributed by atoms with Gasteiger partial charge in [-0.3, -0.25) is 4.79 Å². The molecule has 7 heteroatoms. The van der Waals surface area contributed by atoms with Crippen molar-refractivity contribution in [3.05, 3.63) is 0 Å². The lowest BCUT2D eigenvalue weighted by Crippen LogP contribution is -2.27. The maximum absolute atomic E-state index is 11.3. The van der Waals surface area contributed by atoms with Crippen molar-refractivity contribution in [1.82, 2.24) is 0 Å². The first-order valence-electron chi connectivity index (χ1n) is 9.06. The highest BCUT2D eigenvalue weighted by Crippen LogP contribution is 2.14. The van der Waals surface area contributed by atoms with Crippen molar-refractivity contribution in [3.8, 4) is 0 Å². The van der Waals surface area contributed by atoms with Crippen LogP contribution in [0.25, 0.3) is 0 Å². The highest BCUT2D eigenvalue weighted by atomic mass is 32.2. The highest BCUT2D eigenvalue weighted by Gasteiger charge is 2.24. The van der Waals surface area contributed by atoms with Gasteiger partial charge in [0.2, 0.25) is 0 Å². The van der Waals surface area contributed by atoms with Gasteiger partial charge in [-0.15, -0.1) is 0 Å². The van der Waals surface area contributed by atoms with Gasteiger partial charge in [-0.1, -0.05) is 46.0 Å². The normalized spacial score (nSPS) is 15.6. The van der Waals surface area contributed by atoms with Crippen LogP contribution in [0.1, 0.15) is 65.2 Å². The Bertz CT molecular complexity index is 404. The second-order valence-corrected chi connectivity index (χ2v) is 11.2. The Morgan fingerprint density at radius 3 is 2.12 bits per heavy atom. The molecular weight excluding hydrogens is 364 g/mol. The van der Waals surface area contributed by atoms with Gasteiger partial charge in [0.15, 0.2) is 11.5 Å². The van der Waals surface area contributed by atoms with E-state index in [1.54, 1.807) is 0 Å². The van der Waals surface area contributed by atoms with Crippen molar-refractivity contribution in [2.75, 3.05) is 34.5 Å². The van der Waals surface area contributed by atoms with E-state index in [2.05, 4.69) is 13.8 Å². The summed E-state index contributed by atoms with van der Waals surface area (Å²) < 4.78 is 30.5. The molecule has 0 radical (unpaired) electrons. The van der Waals surface area contributed by atoms with E-state index in [4.69, 9.17) is 0 Å². The smallest absolute Gasteiger partial charge is 0.181 e. The number of thioether (sulfide) groups is 1. The van der Waals surface area contributed by atoms with Crippen molar-refractivity contribution < 1.29 is 17.8 Å². The lowest BCUT2D eigenvalue weighted by Gasteiger charge is -2.12. The third-order valence-electron chi connectivity index (χ3n) is 3.67. The van der Waals surface area contributed by atoms with Gasteiger partial charge in [0.25, 0.3) is 0 Å². The molecule has 1 heterocycles. The Kier molecular flexibility index (Phi) is 15.7. The number of rotatable bonds is 11. The third kappa shape index (κ3) is 17.1. The summed E-state index contributed by atoms with van der Waals surface area (Å²) >= 11 is 2.03. The van der Waals surface area contributed by atoms with E-state index >= 15 is 0 Å². The van der Waals surface area contributed by atoms with Crippen molar-refractivity contribution in [3.63, 3.8) is 0 Å². The first-order chi connectivity index (χ1) is 11.4. The number of hydrogen-bond donors (Lipinski definition) is 0. The summed E-state index contributed by atoms with van der Waals surface area (Å²) in [6.45, 7) is 4.21. The van der Waals surface area contributed by atoms with Crippen LogP contribution in [-0.4, -0.2) is 53.3 Å². The molecule has 0 aliphatic carbocycles. The Labute approximate surface area is 156 Å². The molecular formula is C17H34O4S3. The van der Waals surface area contributed by atoms with Crippen molar-refractivity contribution in [2.45, 2.75) is 65.2 Å². The Morgan fingerprint density at radius 1 is 1.00 bits per heavy atom. The molecule has 0 unspecified atom stereocenters. The lowest BCUT2D eigenvalue weighted by molar-refractivity contribution is -0.116. The van der Waals surface area contributed by atoms with Gasteiger partial charge in [0, 0.05) is 23.7 Å². The molecule has 0 bridgehead atoms. The predicted molar refractivity (Wildman–Crippen MR) is 107 cm³/mol. The molecule has 1 rings (SSSR count). The standard InChI is InChI=1S/C9H17OS2.C8H18O3S/c1-2-3-9(10)8-12-6-4-11-5-7-12;1-2-3-4-5-6-7-8-12(9,10)11/h2-8H2,1H3;2-8H2,1H3,(H,9,10,11)/q+1;/p-1. The molecule has 1 saturated heterocycles. The Hall–Kier alpha value is 0.280. The van der Waals surface area contributed by atoms with E-state index < -0.39 is 10.1 Å². The molecule has 0 aromatic heterocycles. The van der Waals surface area contributed by atoms with Gasteiger partial charge in [0.05, 0.1) is 10.1 Å². The molecule has 1 aliphatic rings. The highest BCUT2D eigenvalue weighted by molar-refractivity contribution is 8.05. The second-order valence-electron chi connectivity index (χ2n) is 6.10. The van der Waals surface area contributed by atoms with Crippen molar-refractivity contribution >= 4 is 38.6 Å². The first kappa shape index (κ1) is 24.3. The zero-order valence-corrected chi connectivity index (χ0v) is 17.7. The molecule has 0 saturated carbocycles. The minimum atomic E-state index is -3.97. The molecule has 0 atom stereocenters. The topological polar surface area (TPSA) is 74.3 Å². The fourth-order valence-electron chi connectivity index (χ4n) is 2.34. The number of carbonyl (C=O) groups is 1. The van der Waals surface area contributed by atoms with Gasteiger partial charge in [-0.05, 0) is 23.7 Å². The van der Waals surface area contributed by atoms with E-state index in [0.717, 1.165) is 37.9 Å². The average molecular weight is 399 g/mol. The maximum Gasteiger partial charge on any atom is 0.181 e. The van der Waals surface area contributed by atoms with Gasteiger partial charge in [-0.2, -0.15) is 11.8 Å². The largest absolute Gasteiger partial charge is 0.748 e. The minimum absolute atomic E-state index is 0.195. The van der Waals surface area contributed by atoms with Crippen LogP contribution in [0.4, 0.5) is 0 Å². The molecule has 0 aromatic carbocycles. The monoisotopic (exact) mass is 398 g/mol. The molecule has 4 nitrogen and oxygen atoms in total. The summed E-state index contributed by atoms with van der Waals surface area (Å²) in [5, 5.41) is 0. The van der Waals surface area contributed by atoms with E-state index in [-0.39, 0.29) is 5.75 Å². The van der Waals surface area contributed by atoms with Crippen LogP contribution in [0.15, 0.2) is 0 Å². The average Bonchev–Trinajstić information content (AvgIpc) is 2.51. The van der Waals surface area contributed by atoms with Crippen LogP contribution in [-0.2, 0) is 25.8 Å². The second kappa shape index (κ2) is 15.5. The van der Waals surface area contributed by atoms with Gasteiger partial charge in [-0.25, -0.2) is 8.42 Å². The summed E-state index contributed by atoms with van der Waals surface area (Å²) in [5.41, 5.74) is 0. The lowest BCUT2D eigenvalue weighted by atomic mass is 10.1. The molecule has 144 valence electrons. The number of Topliss-reactive ketones (excluding diaryl/α,β-unsaturated/α-hetero) is 1. The molecule has 0 aromatic rings. The first-order valence-corrected chi connectivity index (χ1v) is 13.5. The fraction of sp³-hybridized carbons (Fsp3) is 0.941. The third-order valence-corrected chi connectivity index (χ3v) is 8.26. The zero-order chi connectivity index (χ0) is 18.3. The van der Waals surface area contributed by atoms with Crippen LogP contribution < -0.4 is 0 Å². The molecule has 0 N–H and O–H groups in total. The van der Waals surface area contributed by atoms with Crippen LogP contribution in [0.3, 0.4) is 0 Å². The van der Waals surface area contributed by atoms with E-state index in [1.165, 1.54) is 35.9 Å². The van der Waals surface area contributed by atoms with Crippen LogP contribution in [0.5, 0.6) is 0 Å². The fourth-order valence-corrected chi connectivity index (χ4v) is 7.02. The van der Waals surface area contributed by atoms with Gasteiger partial charge < -0.3 is 4.55 Å². The summed E-state index contributed by atoms with van der Waals surface area (Å²) in [6, 6.07) is 0.